The van der Waals surface area contributed by atoms with E-state index < -0.39 is 5.54 Å². The standard InChI is InChI=1S/C20H25N3O2/c24-18(22-10-4-1-5-11-22)16-13-14-7-6-12-23(14)20(16)15-8-2-3-9-17(15)21-19(20)25/h2-3,8-9,14,16H,1,4-7,10-13H2,(H,21,25). The monoisotopic (exact) mass is 339 g/mol. The van der Waals surface area contributed by atoms with E-state index in [9.17, 15) is 9.59 Å². The van der Waals surface area contributed by atoms with E-state index in [0.717, 1.165) is 63.0 Å². The summed E-state index contributed by atoms with van der Waals surface area (Å²) in [5, 5.41) is 3.08. The normalized spacial score (nSPS) is 34.2. The largest absolute Gasteiger partial charge is 0.342 e. The quantitative estimate of drug-likeness (QED) is 0.854. The average molecular weight is 339 g/mol. The number of piperidine rings is 1. The maximum atomic E-state index is 13.5. The average Bonchev–Trinajstić information content (AvgIpc) is 3.30. The van der Waals surface area contributed by atoms with Crippen molar-refractivity contribution in [2.75, 3.05) is 25.0 Å². The molecule has 2 amide bonds. The highest BCUT2D eigenvalue weighted by Gasteiger charge is 2.65. The molecule has 1 N–H and O–H groups in total. The highest BCUT2D eigenvalue weighted by Crippen LogP contribution is 2.55. The molecule has 0 bridgehead atoms. The van der Waals surface area contributed by atoms with Gasteiger partial charge < -0.3 is 10.2 Å². The van der Waals surface area contributed by atoms with Crippen molar-refractivity contribution in [1.29, 1.82) is 0 Å². The fourth-order valence-corrected chi connectivity index (χ4v) is 5.70. The van der Waals surface area contributed by atoms with Crippen molar-refractivity contribution in [2.24, 2.45) is 5.92 Å². The van der Waals surface area contributed by atoms with E-state index in [0.29, 0.717) is 6.04 Å². The zero-order chi connectivity index (χ0) is 17.0. The minimum absolute atomic E-state index is 0.00783. The number of hydrogen-bond acceptors (Lipinski definition) is 3. The maximum absolute atomic E-state index is 13.5. The van der Waals surface area contributed by atoms with Crippen LogP contribution < -0.4 is 5.32 Å². The minimum atomic E-state index is -0.785. The number of benzene rings is 1. The Bertz CT molecular complexity index is 727. The number of carbonyl (C=O) groups excluding carboxylic acids is 2. The molecule has 4 heterocycles. The highest BCUT2D eigenvalue weighted by atomic mass is 16.2. The van der Waals surface area contributed by atoms with E-state index in [-0.39, 0.29) is 17.7 Å². The summed E-state index contributed by atoms with van der Waals surface area (Å²) < 4.78 is 0. The molecule has 0 radical (unpaired) electrons. The van der Waals surface area contributed by atoms with Gasteiger partial charge in [0, 0.05) is 30.4 Å². The summed E-state index contributed by atoms with van der Waals surface area (Å²) >= 11 is 0. The number of hydrogen-bond donors (Lipinski definition) is 1. The van der Waals surface area contributed by atoms with Gasteiger partial charge in [-0.25, -0.2) is 0 Å². The second kappa shape index (κ2) is 5.56. The van der Waals surface area contributed by atoms with Crippen LogP contribution in [0.4, 0.5) is 5.69 Å². The molecule has 3 unspecified atom stereocenters. The Hall–Kier alpha value is -1.88. The first-order valence-electron chi connectivity index (χ1n) is 9.69. The van der Waals surface area contributed by atoms with Gasteiger partial charge in [-0.1, -0.05) is 18.2 Å². The summed E-state index contributed by atoms with van der Waals surface area (Å²) in [6.07, 6.45) is 6.41. The van der Waals surface area contributed by atoms with E-state index in [1.807, 2.05) is 29.2 Å². The van der Waals surface area contributed by atoms with Crippen LogP contribution in [0.25, 0.3) is 0 Å². The van der Waals surface area contributed by atoms with Crippen LogP contribution in [0.5, 0.6) is 0 Å². The lowest BCUT2D eigenvalue weighted by Crippen LogP contribution is -2.55. The molecule has 25 heavy (non-hydrogen) atoms. The number of anilines is 1. The number of para-hydroxylation sites is 1. The van der Waals surface area contributed by atoms with E-state index in [1.165, 1.54) is 6.42 Å². The Morgan fingerprint density at radius 3 is 2.72 bits per heavy atom. The summed E-state index contributed by atoms with van der Waals surface area (Å²) in [5.74, 6) is -0.0473. The molecule has 1 spiro atoms. The zero-order valence-electron chi connectivity index (χ0n) is 14.5. The van der Waals surface area contributed by atoms with Gasteiger partial charge in [0.05, 0.1) is 5.92 Å². The van der Waals surface area contributed by atoms with Crippen molar-refractivity contribution >= 4 is 17.5 Å². The first-order chi connectivity index (χ1) is 12.2. The van der Waals surface area contributed by atoms with Gasteiger partial charge in [0.15, 0.2) is 0 Å². The van der Waals surface area contributed by atoms with E-state index in [2.05, 4.69) is 10.2 Å². The minimum Gasteiger partial charge on any atom is -0.342 e. The fraction of sp³-hybridized carbons (Fsp3) is 0.600. The zero-order valence-corrected chi connectivity index (χ0v) is 14.5. The third kappa shape index (κ3) is 1.99. The van der Waals surface area contributed by atoms with Crippen molar-refractivity contribution in [3.63, 3.8) is 0 Å². The van der Waals surface area contributed by atoms with Crippen LogP contribution in [0.3, 0.4) is 0 Å². The molecular formula is C20H25N3O2. The van der Waals surface area contributed by atoms with Crippen LogP contribution in [0.15, 0.2) is 24.3 Å². The summed E-state index contributed by atoms with van der Waals surface area (Å²) in [5.41, 5.74) is 1.11. The Morgan fingerprint density at radius 1 is 1.08 bits per heavy atom. The molecule has 132 valence electrons. The molecule has 3 fully saturated rings. The second-order valence-electron chi connectivity index (χ2n) is 7.93. The molecule has 0 saturated carbocycles. The lowest BCUT2D eigenvalue weighted by Gasteiger charge is -2.39. The number of fused-ring (bicyclic) bond motifs is 4. The lowest BCUT2D eigenvalue weighted by atomic mass is 9.78. The molecular weight excluding hydrogens is 314 g/mol. The fourth-order valence-electron chi connectivity index (χ4n) is 5.70. The maximum Gasteiger partial charge on any atom is 0.250 e. The van der Waals surface area contributed by atoms with Crippen molar-refractivity contribution < 1.29 is 9.59 Å². The number of nitrogens with one attached hydrogen (secondary N) is 1. The SMILES string of the molecule is O=C(C1CC2CCCN2C12C(=O)Nc1ccccc12)N1CCCCC1. The van der Waals surface area contributed by atoms with Gasteiger partial charge in [-0.15, -0.1) is 0 Å². The number of amides is 2. The first kappa shape index (κ1) is 15.4. The summed E-state index contributed by atoms with van der Waals surface area (Å²) in [7, 11) is 0. The van der Waals surface area contributed by atoms with Gasteiger partial charge in [-0.3, -0.25) is 14.5 Å². The highest BCUT2D eigenvalue weighted by molar-refractivity contribution is 6.09. The Labute approximate surface area is 148 Å². The molecule has 1 aromatic carbocycles. The Kier molecular flexibility index (Phi) is 3.42. The van der Waals surface area contributed by atoms with Gasteiger partial charge in [0.1, 0.15) is 5.54 Å². The van der Waals surface area contributed by atoms with Crippen LogP contribution in [-0.2, 0) is 15.1 Å². The number of rotatable bonds is 1. The topological polar surface area (TPSA) is 52.7 Å². The summed E-state index contributed by atoms with van der Waals surface area (Å²) in [6, 6.07) is 8.32. The van der Waals surface area contributed by atoms with Crippen LogP contribution >= 0.6 is 0 Å². The molecule has 0 aliphatic carbocycles. The molecule has 4 aliphatic heterocycles. The Morgan fingerprint density at radius 2 is 1.88 bits per heavy atom. The molecule has 3 atom stereocenters. The van der Waals surface area contributed by atoms with Crippen molar-refractivity contribution in [3.8, 4) is 0 Å². The molecule has 3 saturated heterocycles. The lowest BCUT2D eigenvalue weighted by molar-refractivity contribution is -0.145. The summed E-state index contributed by atoms with van der Waals surface area (Å²) in [4.78, 5) is 31.1. The predicted molar refractivity (Wildman–Crippen MR) is 95.0 cm³/mol. The first-order valence-corrected chi connectivity index (χ1v) is 9.69. The molecule has 1 aromatic rings. The van der Waals surface area contributed by atoms with Crippen molar-refractivity contribution in [3.05, 3.63) is 29.8 Å². The van der Waals surface area contributed by atoms with Crippen LogP contribution in [0.1, 0.15) is 44.1 Å². The van der Waals surface area contributed by atoms with Crippen molar-refractivity contribution in [1.82, 2.24) is 9.80 Å². The van der Waals surface area contributed by atoms with Gasteiger partial charge in [-0.2, -0.15) is 0 Å². The molecule has 5 rings (SSSR count). The summed E-state index contributed by atoms with van der Waals surface area (Å²) in [6.45, 7) is 2.61. The van der Waals surface area contributed by atoms with Gasteiger partial charge in [0.25, 0.3) is 0 Å². The van der Waals surface area contributed by atoms with Crippen LogP contribution in [-0.4, -0.2) is 47.3 Å². The smallest absolute Gasteiger partial charge is 0.250 e. The predicted octanol–water partition coefficient (Wildman–Crippen LogP) is 2.33. The second-order valence-corrected chi connectivity index (χ2v) is 7.93. The molecule has 0 aromatic heterocycles. The number of carbonyl (C=O) groups is 2. The third-order valence-corrected chi connectivity index (χ3v) is 6.74. The van der Waals surface area contributed by atoms with Crippen molar-refractivity contribution in [2.45, 2.75) is 50.1 Å². The van der Waals surface area contributed by atoms with E-state index >= 15 is 0 Å². The number of likely N-dealkylation sites (tertiary alicyclic amines) is 1. The van der Waals surface area contributed by atoms with Crippen LogP contribution in [0, 0.1) is 5.92 Å². The van der Waals surface area contributed by atoms with Gasteiger partial charge in [0.2, 0.25) is 11.8 Å². The molecule has 5 nitrogen and oxygen atoms in total. The molecule has 5 heteroatoms. The van der Waals surface area contributed by atoms with E-state index in [4.69, 9.17) is 0 Å². The van der Waals surface area contributed by atoms with Crippen LogP contribution in [0.2, 0.25) is 0 Å². The molecule has 4 aliphatic rings. The third-order valence-electron chi connectivity index (χ3n) is 6.74. The Balaban J connectivity index is 1.61. The number of nitrogens with zero attached hydrogens (tertiary/aromatic N) is 2. The van der Waals surface area contributed by atoms with Gasteiger partial charge in [-0.05, 0) is 51.1 Å². The van der Waals surface area contributed by atoms with E-state index in [1.54, 1.807) is 0 Å². The van der Waals surface area contributed by atoms with Gasteiger partial charge >= 0.3 is 0 Å².